The molecule has 0 amide bonds. The van der Waals surface area contributed by atoms with Crippen molar-refractivity contribution in [3.63, 3.8) is 0 Å². The molecule has 20 heavy (non-hydrogen) atoms. The van der Waals surface area contributed by atoms with E-state index in [-0.39, 0.29) is 0 Å². The first-order valence-electron chi connectivity index (χ1n) is 7.38. The fourth-order valence-corrected chi connectivity index (χ4v) is 2.44. The van der Waals surface area contributed by atoms with Gasteiger partial charge in [0.25, 0.3) is 0 Å². The van der Waals surface area contributed by atoms with E-state index in [1.807, 2.05) is 30.3 Å². The van der Waals surface area contributed by atoms with Gasteiger partial charge in [-0.15, -0.1) is 0 Å². The Morgan fingerprint density at radius 2 is 1.80 bits per heavy atom. The summed E-state index contributed by atoms with van der Waals surface area (Å²) in [5, 5.41) is 11.5. The summed E-state index contributed by atoms with van der Waals surface area (Å²) < 4.78 is 5.74. The van der Waals surface area contributed by atoms with Gasteiger partial charge in [-0.05, 0) is 31.9 Å². The van der Waals surface area contributed by atoms with Crippen LogP contribution < -0.4 is 0 Å². The molecule has 0 aliphatic carbocycles. The zero-order chi connectivity index (χ0) is 14.7. The van der Waals surface area contributed by atoms with Crippen molar-refractivity contribution in [1.82, 2.24) is 4.90 Å². The highest BCUT2D eigenvalue weighted by atomic mass is 16.4. The maximum absolute atomic E-state index is 10.4. The van der Waals surface area contributed by atoms with Gasteiger partial charge in [0.05, 0.1) is 0 Å². The Morgan fingerprint density at radius 3 is 2.40 bits per heavy atom. The van der Waals surface area contributed by atoms with Crippen molar-refractivity contribution in [2.75, 3.05) is 13.1 Å². The van der Waals surface area contributed by atoms with Crippen LogP contribution in [0, 0.1) is 5.92 Å². The van der Waals surface area contributed by atoms with Gasteiger partial charge in [-0.1, -0.05) is 32.0 Å². The van der Waals surface area contributed by atoms with E-state index in [9.17, 15) is 5.11 Å². The molecule has 0 fully saturated rings. The minimum atomic E-state index is -0.580. The molecule has 1 unspecified atom stereocenters. The molecule has 1 aromatic carbocycles. The van der Waals surface area contributed by atoms with Crippen LogP contribution in [0.1, 0.15) is 39.6 Å². The predicted molar refractivity (Wildman–Crippen MR) is 82.7 cm³/mol. The Bertz CT molecular complexity index is 512. The molecule has 0 radical (unpaired) electrons. The van der Waals surface area contributed by atoms with E-state index in [1.165, 1.54) is 0 Å². The van der Waals surface area contributed by atoms with Crippen molar-refractivity contribution >= 4 is 11.0 Å². The van der Waals surface area contributed by atoms with Gasteiger partial charge in [0.15, 0.2) is 0 Å². The topological polar surface area (TPSA) is 36.6 Å². The van der Waals surface area contributed by atoms with Crippen molar-refractivity contribution in [1.29, 1.82) is 0 Å². The molecule has 2 rings (SSSR count). The lowest BCUT2D eigenvalue weighted by Gasteiger charge is -2.29. The fourth-order valence-electron chi connectivity index (χ4n) is 2.44. The lowest BCUT2D eigenvalue weighted by atomic mass is 10.1. The minimum Gasteiger partial charge on any atom is -0.458 e. The van der Waals surface area contributed by atoms with Crippen LogP contribution in [-0.2, 0) is 0 Å². The Kier molecular flexibility index (Phi) is 4.84. The molecule has 0 spiro atoms. The Balaban J connectivity index is 2.11. The maximum Gasteiger partial charge on any atom is 0.135 e. The van der Waals surface area contributed by atoms with E-state index in [1.54, 1.807) is 0 Å². The number of fused-ring (bicyclic) bond motifs is 1. The van der Waals surface area contributed by atoms with Gasteiger partial charge in [0, 0.05) is 24.5 Å². The standard InChI is InChI=1S/C17H25NO2/c1-12(2)10-18(13(3)4)11-15(19)17-9-14-7-5-6-8-16(14)20-17/h5-9,12-13,15,19H,10-11H2,1-4H3. The lowest BCUT2D eigenvalue weighted by Crippen LogP contribution is -2.37. The highest BCUT2D eigenvalue weighted by molar-refractivity contribution is 5.77. The van der Waals surface area contributed by atoms with Gasteiger partial charge in [0.2, 0.25) is 0 Å². The second kappa shape index (κ2) is 6.42. The minimum absolute atomic E-state index is 0.413. The molecule has 0 saturated carbocycles. The third-order valence-electron chi connectivity index (χ3n) is 3.51. The van der Waals surface area contributed by atoms with E-state index in [0.29, 0.717) is 24.3 Å². The highest BCUT2D eigenvalue weighted by Gasteiger charge is 2.19. The second-order valence-corrected chi connectivity index (χ2v) is 6.14. The van der Waals surface area contributed by atoms with Crippen molar-refractivity contribution in [2.45, 2.75) is 39.8 Å². The van der Waals surface area contributed by atoms with Crippen LogP contribution in [0.2, 0.25) is 0 Å². The highest BCUT2D eigenvalue weighted by Crippen LogP contribution is 2.24. The largest absolute Gasteiger partial charge is 0.458 e. The van der Waals surface area contributed by atoms with Crippen LogP contribution in [0.4, 0.5) is 0 Å². The van der Waals surface area contributed by atoms with Gasteiger partial charge >= 0.3 is 0 Å². The fraction of sp³-hybridized carbons (Fsp3) is 0.529. The van der Waals surface area contributed by atoms with Gasteiger partial charge in [-0.2, -0.15) is 0 Å². The van der Waals surface area contributed by atoms with Crippen LogP contribution in [-0.4, -0.2) is 29.1 Å². The molecule has 2 aromatic rings. The first-order chi connectivity index (χ1) is 9.47. The maximum atomic E-state index is 10.4. The van der Waals surface area contributed by atoms with Crippen molar-refractivity contribution in [3.05, 3.63) is 36.1 Å². The third kappa shape index (κ3) is 3.62. The number of benzene rings is 1. The molecule has 1 aromatic heterocycles. The van der Waals surface area contributed by atoms with Crippen LogP contribution in [0.3, 0.4) is 0 Å². The smallest absolute Gasteiger partial charge is 0.135 e. The average molecular weight is 275 g/mol. The van der Waals surface area contributed by atoms with Crippen LogP contribution in [0.25, 0.3) is 11.0 Å². The summed E-state index contributed by atoms with van der Waals surface area (Å²) in [7, 11) is 0. The summed E-state index contributed by atoms with van der Waals surface area (Å²) in [5.74, 6) is 1.24. The second-order valence-electron chi connectivity index (χ2n) is 6.14. The number of nitrogens with zero attached hydrogens (tertiary/aromatic N) is 1. The average Bonchev–Trinajstić information content (AvgIpc) is 2.81. The number of aliphatic hydroxyl groups excluding tert-OH is 1. The Hall–Kier alpha value is -1.32. The molecule has 110 valence electrons. The molecule has 1 heterocycles. The summed E-state index contributed by atoms with van der Waals surface area (Å²) in [6.45, 7) is 10.3. The summed E-state index contributed by atoms with van der Waals surface area (Å²) in [6.07, 6.45) is -0.580. The molecule has 0 aliphatic heterocycles. The molecular formula is C17H25NO2. The number of para-hydroxylation sites is 1. The number of hydrogen-bond donors (Lipinski definition) is 1. The van der Waals surface area contributed by atoms with Crippen molar-refractivity contribution in [3.8, 4) is 0 Å². The van der Waals surface area contributed by atoms with Gasteiger partial charge in [0.1, 0.15) is 17.4 Å². The van der Waals surface area contributed by atoms with Gasteiger partial charge < -0.3 is 9.52 Å². The Morgan fingerprint density at radius 1 is 1.10 bits per heavy atom. The molecule has 3 nitrogen and oxygen atoms in total. The van der Waals surface area contributed by atoms with Crippen LogP contribution in [0.15, 0.2) is 34.7 Å². The zero-order valence-electron chi connectivity index (χ0n) is 12.8. The van der Waals surface area contributed by atoms with E-state index in [2.05, 4.69) is 32.6 Å². The molecule has 3 heteroatoms. The zero-order valence-corrected chi connectivity index (χ0v) is 12.8. The molecule has 0 bridgehead atoms. The number of hydrogen-bond acceptors (Lipinski definition) is 3. The van der Waals surface area contributed by atoms with Crippen LogP contribution in [0.5, 0.6) is 0 Å². The van der Waals surface area contributed by atoms with Crippen molar-refractivity contribution in [2.24, 2.45) is 5.92 Å². The lowest BCUT2D eigenvalue weighted by molar-refractivity contribution is 0.0743. The quantitative estimate of drug-likeness (QED) is 0.870. The van der Waals surface area contributed by atoms with Crippen LogP contribution >= 0.6 is 0 Å². The van der Waals surface area contributed by atoms with Gasteiger partial charge in [-0.3, -0.25) is 4.90 Å². The third-order valence-corrected chi connectivity index (χ3v) is 3.51. The van der Waals surface area contributed by atoms with E-state index in [4.69, 9.17) is 4.42 Å². The summed E-state index contributed by atoms with van der Waals surface area (Å²) in [5.41, 5.74) is 0.835. The predicted octanol–water partition coefficient (Wildman–Crippen LogP) is 3.83. The molecular weight excluding hydrogens is 250 g/mol. The molecule has 0 aliphatic rings. The summed E-state index contributed by atoms with van der Waals surface area (Å²) >= 11 is 0. The normalized spacial score (nSPS) is 13.8. The molecule has 1 N–H and O–H groups in total. The summed E-state index contributed by atoms with van der Waals surface area (Å²) in [4.78, 5) is 2.29. The monoisotopic (exact) mass is 275 g/mol. The van der Waals surface area contributed by atoms with Crippen molar-refractivity contribution < 1.29 is 9.52 Å². The Labute approximate surface area is 121 Å². The first kappa shape index (κ1) is 15.1. The van der Waals surface area contributed by atoms with E-state index in [0.717, 1.165) is 17.5 Å². The SMILES string of the molecule is CC(C)CN(CC(O)c1cc2ccccc2o1)C(C)C. The first-order valence-corrected chi connectivity index (χ1v) is 7.38. The molecule has 1 atom stereocenters. The summed E-state index contributed by atoms with van der Waals surface area (Å²) in [6, 6.07) is 10.2. The number of furan rings is 1. The number of rotatable bonds is 6. The number of aliphatic hydroxyl groups is 1. The molecule has 0 saturated heterocycles. The van der Waals surface area contributed by atoms with E-state index < -0.39 is 6.10 Å². The van der Waals surface area contributed by atoms with E-state index >= 15 is 0 Å². The van der Waals surface area contributed by atoms with Gasteiger partial charge in [-0.25, -0.2) is 0 Å².